The van der Waals surface area contributed by atoms with Gasteiger partial charge in [-0.2, -0.15) is 0 Å². The van der Waals surface area contributed by atoms with Crippen LogP contribution in [-0.2, 0) is 0 Å². The predicted molar refractivity (Wildman–Crippen MR) is 67.3 cm³/mol. The van der Waals surface area contributed by atoms with Crippen molar-refractivity contribution in [2.24, 2.45) is 0 Å². The molecule has 1 aliphatic rings. The van der Waals surface area contributed by atoms with Gasteiger partial charge in [0.25, 0.3) is 0 Å². The van der Waals surface area contributed by atoms with Gasteiger partial charge in [0, 0.05) is 11.6 Å². The van der Waals surface area contributed by atoms with E-state index in [1.165, 1.54) is 38.8 Å². The van der Waals surface area contributed by atoms with Crippen molar-refractivity contribution in [3.63, 3.8) is 0 Å². The van der Waals surface area contributed by atoms with E-state index in [2.05, 4.69) is 37.9 Å². The Labute approximate surface area is 95.4 Å². The smallest absolute Gasteiger partial charge is 0.0306 e. The fourth-order valence-corrected chi connectivity index (χ4v) is 2.75. The second-order valence-corrected chi connectivity index (χ2v) is 5.25. The van der Waals surface area contributed by atoms with Gasteiger partial charge in [-0.15, -0.1) is 0 Å². The van der Waals surface area contributed by atoms with Crippen LogP contribution in [0.4, 0.5) is 0 Å². The molecule has 1 rings (SSSR count). The summed E-state index contributed by atoms with van der Waals surface area (Å²) in [6.07, 6.45) is 5.33. The van der Waals surface area contributed by atoms with Crippen LogP contribution in [0, 0.1) is 0 Å². The van der Waals surface area contributed by atoms with Gasteiger partial charge < -0.3 is 5.32 Å². The molecule has 1 unspecified atom stereocenters. The van der Waals surface area contributed by atoms with E-state index in [1.807, 2.05) is 0 Å². The van der Waals surface area contributed by atoms with Crippen molar-refractivity contribution in [1.29, 1.82) is 0 Å². The van der Waals surface area contributed by atoms with Crippen molar-refractivity contribution < 1.29 is 0 Å². The fourth-order valence-electron chi connectivity index (χ4n) is 2.75. The van der Waals surface area contributed by atoms with Gasteiger partial charge in [-0.25, -0.2) is 0 Å². The molecule has 90 valence electrons. The molecule has 0 amide bonds. The summed E-state index contributed by atoms with van der Waals surface area (Å²) in [6.45, 7) is 13.0. The van der Waals surface area contributed by atoms with Gasteiger partial charge in [-0.05, 0) is 52.7 Å². The zero-order chi connectivity index (χ0) is 11.3. The Morgan fingerprint density at radius 3 is 2.27 bits per heavy atom. The highest BCUT2D eigenvalue weighted by atomic mass is 15.2. The van der Waals surface area contributed by atoms with Crippen LogP contribution in [0.3, 0.4) is 0 Å². The molecular weight excluding hydrogens is 184 g/mol. The van der Waals surface area contributed by atoms with Crippen molar-refractivity contribution in [3.05, 3.63) is 0 Å². The molecule has 1 N–H and O–H groups in total. The number of nitrogens with one attached hydrogen (secondary N) is 1. The molecule has 1 atom stereocenters. The first-order valence-corrected chi connectivity index (χ1v) is 6.61. The van der Waals surface area contributed by atoms with Gasteiger partial charge in [0.05, 0.1) is 0 Å². The molecule has 0 spiro atoms. The lowest BCUT2D eigenvalue weighted by Gasteiger charge is -2.42. The van der Waals surface area contributed by atoms with Crippen molar-refractivity contribution in [2.45, 2.75) is 65.0 Å². The fraction of sp³-hybridized carbons (Fsp3) is 1.00. The van der Waals surface area contributed by atoms with E-state index in [4.69, 9.17) is 0 Å². The van der Waals surface area contributed by atoms with Crippen molar-refractivity contribution in [2.75, 3.05) is 19.6 Å². The molecule has 1 fully saturated rings. The Bertz CT molecular complexity index is 165. The van der Waals surface area contributed by atoms with E-state index in [1.54, 1.807) is 0 Å². The van der Waals surface area contributed by atoms with Gasteiger partial charge in [-0.1, -0.05) is 20.3 Å². The first kappa shape index (κ1) is 13.0. The molecule has 1 aliphatic heterocycles. The van der Waals surface area contributed by atoms with E-state index in [-0.39, 0.29) is 0 Å². The number of hydrogen-bond acceptors (Lipinski definition) is 2. The Morgan fingerprint density at radius 1 is 1.20 bits per heavy atom. The van der Waals surface area contributed by atoms with Crippen LogP contribution in [0.25, 0.3) is 0 Å². The molecule has 0 radical (unpaired) electrons. The van der Waals surface area contributed by atoms with Crippen LogP contribution in [0.15, 0.2) is 0 Å². The largest absolute Gasteiger partial charge is 0.312 e. The van der Waals surface area contributed by atoms with E-state index in [0.717, 1.165) is 6.54 Å². The highest BCUT2D eigenvalue weighted by Crippen LogP contribution is 2.26. The molecule has 0 saturated carbocycles. The Balaban J connectivity index is 2.60. The highest BCUT2D eigenvalue weighted by Gasteiger charge is 2.35. The molecule has 1 heterocycles. The van der Waals surface area contributed by atoms with Gasteiger partial charge in [0.15, 0.2) is 0 Å². The van der Waals surface area contributed by atoms with Crippen LogP contribution in [-0.4, -0.2) is 36.1 Å². The predicted octanol–water partition coefficient (Wildman–Crippen LogP) is 2.64. The minimum Gasteiger partial charge on any atom is -0.312 e. The molecule has 2 nitrogen and oxygen atoms in total. The summed E-state index contributed by atoms with van der Waals surface area (Å²) in [5.41, 5.74) is 0.322. The number of hydrogen-bond donors (Lipinski definition) is 1. The maximum Gasteiger partial charge on any atom is 0.0306 e. The molecule has 15 heavy (non-hydrogen) atoms. The number of nitrogens with zero attached hydrogens (tertiary/aromatic N) is 1. The Morgan fingerprint density at radius 2 is 1.80 bits per heavy atom. The lowest BCUT2D eigenvalue weighted by molar-refractivity contribution is 0.103. The zero-order valence-corrected chi connectivity index (χ0v) is 11.0. The third-order valence-corrected chi connectivity index (χ3v) is 3.80. The molecule has 0 aromatic heterocycles. The van der Waals surface area contributed by atoms with Gasteiger partial charge in [0.1, 0.15) is 0 Å². The minimum atomic E-state index is 0.322. The van der Waals surface area contributed by atoms with Crippen LogP contribution < -0.4 is 5.32 Å². The van der Waals surface area contributed by atoms with Crippen molar-refractivity contribution in [3.8, 4) is 0 Å². The summed E-state index contributed by atoms with van der Waals surface area (Å²) in [7, 11) is 0. The monoisotopic (exact) mass is 212 g/mol. The van der Waals surface area contributed by atoms with Crippen molar-refractivity contribution >= 4 is 0 Å². The molecule has 0 aromatic rings. The Kier molecular flexibility index (Phi) is 5.07. The summed E-state index contributed by atoms with van der Waals surface area (Å²) in [4.78, 5) is 2.66. The standard InChI is InChI=1S/C13H28N2/c1-5-9-12(14-6-2)13(3,4)15-10-7-8-11-15/h12,14H,5-11H2,1-4H3. The quantitative estimate of drug-likeness (QED) is 0.728. The van der Waals surface area contributed by atoms with Crippen LogP contribution >= 0.6 is 0 Å². The first-order chi connectivity index (χ1) is 7.12. The second-order valence-electron chi connectivity index (χ2n) is 5.25. The summed E-state index contributed by atoms with van der Waals surface area (Å²) >= 11 is 0. The van der Waals surface area contributed by atoms with E-state index < -0.39 is 0 Å². The maximum absolute atomic E-state index is 3.66. The van der Waals surface area contributed by atoms with E-state index >= 15 is 0 Å². The molecule has 0 bridgehead atoms. The minimum absolute atomic E-state index is 0.322. The normalized spacial score (nSPS) is 20.8. The van der Waals surface area contributed by atoms with Gasteiger partial charge >= 0.3 is 0 Å². The van der Waals surface area contributed by atoms with Crippen LogP contribution in [0.5, 0.6) is 0 Å². The van der Waals surface area contributed by atoms with Gasteiger partial charge in [-0.3, -0.25) is 4.90 Å². The lowest BCUT2D eigenvalue weighted by atomic mass is 9.89. The summed E-state index contributed by atoms with van der Waals surface area (Å²) < 4.78 is 0. The highest BCUT2D eigenvalue weighted by molar-refractivity contribution is 4.94. The van der Waals surface area contributed by atoms with Crippen LogP contribution in [0.2, 0.25) is 0 Å². The summed E-state index contributed by atoms with van der Waals surface area (Å²) in [5, 5.41) is 3.66. The second kappa shape index (κ2) is 5.86. The van der Waals surface area contributed by atoms with E-state index in [9.17, 15) is 0 Å². The average Bonchev–Trinajstić information content (AvgIpc) is 2.70. The third kappa shape index (κ3) is 3.18. The van der Waals surface area contributed by atoms with Gasteiger partial charge in [0.2, 0.25) is 0 Å². The first-order valence-electron chi connectivity index (χ1n) is 6.61. The molecule has 2 heteroatoms. The SMILES string of the molecule is CCCC(NCC)C(C)(C)N1CCCC1. The summed E-state index contributed by atoms with van der Waals surface area (Å²) in [5.74, 6) is 0. The molecule has 0 aromatic carbocycles. The maximum atomic E-state index is 3.66. The lowest BCUT2D eigenvalue weighted by Crippen LogP contribution is -2.56. The third-order valence-electron chi connectivity index (χ3n) is 3.80. The molecular formula is C13H28N2. The Hall–Kier alpha value is -0.0800. The zero-order valence-electron chi connectivity index (χ0n) is 11.0. The van der Waals surface area contributed by atoms with E-state index in [0.29, 0.717) is 11.6 Å². The summed E-state index contributed by atoms with van der Waals surface area (Å²) in [6, 6.07) is 0.644. The number of rotatable bonds is 6. The number of likely N-dealkylation sites (tertiary alicyclic amines) is 1. The van der Waals surface area contributed by atoms with Crippen molar-refractivity contribution in [1.82, 2.24) is 10.2 Å². The topological polar surface area (TPSA) is 15.3 Å². The number of likely N-dealkylation sites (N-methyl/N-ethyl adjacent to an activating group) is 1. The molecule has 1 saturated heterocycles. The molecule has 0 aliphatic carbocycles. The average molecular weight is 212 g/mol. The van der Waals surface area contributed by atoms with Crippen LogP contribution in [0.1, 0.15) is 53.4 Å².